The molecule has 0 amide bonds. The summed E-state index contributed by atoms with van der Waals surface area (Å²) in [4.78, 5) is 23.0. The van der Waals surface area contributed by atoms with E-state index in [-0.39, 0.29) is 12.2 Å². The molecule has 0 aromatic rings. The second-order valence-corrected chi connectivity index (χ2v) is 6.31. The number of hydrogen-bond donors (Lipinski definition) is 2. The smallest absolute Gasteiger partial charge is 0.336 e. The Labute approximate surface area is 130 Å². The Bertz CT molecular complexity index is 335. The lowest BCUT2D eigenvalue weighted by Crippen LogP contribution is -2.47. The van der Waals surface area contributed by atoms with Crippen molar-refractivity contribution in [3.8, 4) is 0 Å². The van der Waals surface area contributed by atoms with Gasteiger partial charge in [-0.1, -0.05) is 38.5 Å². The van der Waals surface area contributed by atoms with Crippen molar-refractivity contribution in [1.29, 1.82) is 0 Å². The van der Waals surface area contributed by atoms with Crippen LogP contribution in [-0.4, -0.2) is 46.6 Å². The van der Waals surface area contributed by atoms with Crippen molar-refractivity contribution in [3.05, 3.63) is 0 Å². The standard InChI is InChI=1S/C16H26O6/c17-15(18)13(21-11-7-3-1-4-8-11)14(16(19)20)22-12-9-5-2-6-10-12/h11-14H,1-10H2,(H,17,18)(H,19,20). The zero-order valence-electron chi connectivity index (χ0n) is 12.9. The number of carboxylic acids is 2. The molecule has 126 valence electrons. The first-order valence-corrected chi connectivity index (χ1v) is 8.34. The van der Waals surface area contributed by atoms with Crippen LogP contribution in [0.15, 0.2) is 0 Å². The fourth-order valence-corrected chi connectivity index (χ4v) is 3.34. The molecule has 0 aromatic heterocycles. The number of hydrogen-bond acceptors (Lipinski definition) is 4. The van der Waals surface area contributed by atoms with Crippen LogP contribution < -0.4 is 0 Å². The summed E-state index contributed by atoms with van der Waals surface area (Å²) in [7, 11) is 0. The van der Waals surface area contributed by atoms with Crippen LogP contribution in [0.3, 0.4) is 0 Å². The average molecular weight is 314 g/mol. The minimum Gasteiger partial charge on any atom is -0.479 e. The average Bonchev–Trinajstić information content (AvgIpc) is 2.52. The highest BCUT2D eigenvalue weighted by molar-refractivity contribution is 5.83. The minimum absolute atomic E-state index is 0.174. The molecule has 2 atom stereocenters. The molecule has 2 rings (SSSR count). The Balaban J connectivity index is 2.00. The van der Waals surface area contributed by atoms with Crippen LogP contribution in [-0.2, 0) is 19.1 Å². The second kappa shape index (κ2) is 8.48. The summed E-state index contributed by atoms with van der Waals surface area (Å²) in [6.07, 6.45) is 6.20. The minimum atomic E-state index is -1.43. The molecule has 0 saturated heterocycles. The predicted molar refractivity (Wildman–Crippen MR) is 78.8 cm³/mol. The summed E-state index contributed by atoms with van der Waals surface area (Å²) in [5.41, 5.74) is 0. The summed E-state index contributed by atoms with van der Waals surface area (Å²) in [6, 6.07) is 0. The summed E-state index contributed by atoms with van der Waals surface area (Å²) < 4.78 is 11.2. The number of aliphatic carboxylic acids is 2. The highest BCUT2D eigenvalue weighted by Crippen LogP contribution is 2.26. The fourth-order valence-electron chi connectivity index (χ4n) is 3.34. The molecule has 0 radical (unpaired) electrons. The van der Waals surface area contributed by atoms with Crippen LogP contribution in [0, 0.1) is 0 Å². The Morgan fingerprint density at radius 3 is 1.27 bits per heavy atom. The van der Waals surface area contributed by atoms with E-state index in [1.807, 2.05) is 0 Å². The molecule has 2 unspecified atom stereocenters. The lowest BCUT2D eigenvalue weighted by molar-refractivity contribution is -0.190. The SMILES string of the molecule is O=C(O)C(OC1CCCCC1)C(OC1CCCCC1)C(=O)O. The number of carbonyl (C=O) groups is 2. The first kappa shape index (κ1) is 17.2. The van der Waals surface area contributed by atoms with Crippen LogP contribution in [0.2, 0.25) is 0 Å². The number of rotatable bonds is 7. The monoisotopic (exact) mass is 314 g/mol. The Hall–Kier alpha value is -1.14. The van der Waals surface area contributed by atoms with Gasteiger partial charge in [-0.15, -0.1) is 0 Å². The van der Waals surface area contributed by atoms with E-state index in [0.717, 1.165) is 64.2 Å². The molecule has 0 aliphatic heterocycles. The quantitative estimate of drug-likeness (QED) is 0.750. The molecule has 2 fully saturated rings. The van der Waals surface area contributed by atoms with Crippen molar-refractivity contribution in [2.75, 3.05) is 0 Å². The molecule has 2 N–H and O–H groups in total. The van der Waals surface area contributed by atoms with Crippen LogP contribution in [0.5, 0.6) is 0 Å². The molecule has 2 aliphatic carbocycles. The van der Waals surface area contributed by atoms with Crippen molar-refractivity contribution < 1.29 is 29.3 Å². The summed E-state index contributed by atoms with van der Waals surface area (Å²) in [6.45, 7) is 0. The topological polar surface area (TPSA) is 93.1 Å². The molecular weight excluding hydrogens is 288 g/mol. The fraction of sp³-hybridized carbons (Fsp3) is 0.875. The van der Waals surface area contributed by atoms with E-state index >= 15 is 0 Å². The molecule has 0 heterocycles. The van der Waals surface area contributed by atoms with Crippen LogP contribution in [0.25, 0.3) is 0 Å². The van der Waals surface area contributed by atoms with E-state index in [1.54, 1.807) is 0 Å². The van der Waals surface area contributed by atoms with Crippen LogP contribution in [0.4, 0.5) is 0 Å². The summed E-state index contributed by atoms with van der Waals surface area (Å²) in [5.74, 6) is -2.51. The summed E-state index contributed by atoms with van der Waals surface area (Å²) >= 11 is 0. The molecule has 0 aromatic carbocycles. The summed E-state index contributed by atoms with van der Waals surface area (Å²) in [5, 5.41) is 18.8. The molecule has 0 spiro atoms. The van der Waals surface area contributed by atoms with E-state index in [2.05, 4.69) is 0 Å². The van der Waals surface area contributed by atoms with Gasteiger partial charge < -0.3 is 19.7 Å². The molecule has 2 aliphatic rings. The van der Waals surface area contributed by atoms with Gasteiger partial charge in [0.1, 0.15) is 0 Å². The van der Waals surface area contributed by atoms with E-state index < -0.39 is 24.1 Å². The van der Waals surface area contributed by atoms with E-state index in [1.165, 1.54) is 0 Å². The molecule has 6 heteroatoms. The van der Waals surface area contributed by atoms with Gasteiger partial charge in [0.2, 0.25) is 0 Å². The highest BCUT2D eigenvalue weighted by Gasteiger charge is 2.39. The Morgan fingerprint density at radius 1 is 0.682 bits per heavy atom. The maximum absolute atomic E-state index is 11.5. The Kier molecular flexibility index (Phi) is 6.64. The van der Waals surface area contributed by atoms with Gasteiger partial charge in [0.05, 0.1) is 12.2 Å². The van der Waals surface area contributed by atoms with Crippen LogP contribution >= 0.6 is 0 Å². The van der Waals surface area contributed by atoms with Gasteiger partial charge in [-0.2, -0.15) is 0 Å². The predicted octanol–water partition coefficient (Wildman–Crippen LogP) is 2.59. The molecule has 2 saturated carbocycles. The van der Waals surface area contributed by atoms with E-state index in [4.69, 9.17) is 9.47 Å². The number of carboxylic acid groups (broad SMARTS) is 2. The lowest BCUT2D eigenvalue weighted by atomic mass is 9.96. The second-order valence-electron chi connectivity index (χ2n) is 6.31. The van der Waals surface area contributed by atoms with E-state index in [9.17, 15) is 19.8 Å². The zero-order valence-corrected chi connectivity index (χ0v) is 12.9. The van der Waals surface area contributed by atoms with Crippen LogP contribution in [0.1, 0.15) is 64.2 Å². The van der Waals surface area contributed by atoms with Gasteiger partial charge in [-0.3, -0.25) is 0 Å². The van der Waals surface area contributed by atoms with Gasteiger partial charge in [0, 0.05) is 0 Å². The van der Waals surface area contributed by atoms with Crippen molar-refractivity contribution >= 4 is 11.9 Å². The largest absolute Gasteiger partial charge is 0.479 e. The van der Waals surface area contributed by atoms with Gasteiger partial charge in [-0.25, -0.2) is 9.59 Å². The third-order valence-electron chi connectivity index (χ3n) is 4.54. The van der Waals surface area contributed by atoms with Crippen molar-refractivity contribution in [2.45, 2.75) is 88.6 Å². The maximum atomic E-state index is 11.5. The number of ether oxygens (including phenoxy) is 2. The molecule has 6 nitrogen and oxygen atoms in total. The highest BCUT2D eigenvalue weighted by atomic mass is 16.6. The Morgan fingerprint density at radius 2 is 1.00 bits per heavy atom. The first-order valence-electron chi connectivity index (χ1n) is 8.34. The molecular formula is C16H26O6. The van der Waals surface area contributed by atoms with Crippen molar-refractivity contribution in [2.24, 2.45) is 0 Å². The van der Waals surface area contributed by atoms with Gasteiger partial charge >= 0.3 is 11.9 Å². The van der Waals surface area contributed by atoms with Crippen molar-refractivity contribution in [1.82, 2.24) is 0 Å². The maximum Gasteiger partial charge on any atom is 0.336 e. The molecule has 22 heavy (non-hydrogen) atoms. The normalized spacial score (nSPS) is 23.8. The van der Waals surface area contributed by atoms with Gasteiger partial charge in [0.15, 0.2) is 12.2 Å². The van der Waals surface area contributed by atoms with E-state index in [0.29, 0.717) is 0 Å². The zero-order chi connectivity index (χ0) is 15.9. The van der Waals surface area contributed by atoms with Gasteiger partial charge in [0.25, 0.3) is 0 Å². The van der Waals surface area contributed by atoms with Crippen molar-refractivity contribution in [3.63, 3.8) is 0 Å². The third kappa shape index (κ3) is 4.95. The first-order chi connectivity index (χ1) is 10.6. The van der Waals surface area contributed by atoms with Gasteiger partial charge in [-0.05, 0) is 25.7 Å². The lowest BCUT2D eigenvalue weighted by Gasteiger charge is -2.31. The third-order valence-corrected chi connectivity index (χ3v) is 4.54. The molecule has 0 bridgehead atoms.